The van der Waals surface area contributed by atoms with Crippen LogP contribution in [0, 0.1) is 0 Å². The van der Waals surface area contributed by atoms with Crippen LogP contribution in [0.25, 0.3) is 0 Å². The Kier molecular flexibility index (Phi) is 4.04. The Hall–Kier alpha value is -1.48. The van der Waals surface area contributed by atoms with Crippen molar-refractivity contribution in [2.75, 3.05) is 5.75 Å². The molecule has 0 radical (unpaired) electrons. The van der Waals surface area contributed by atoms with Gasteiger partial charge in [0.2, 0.25) is 0 Å². The lowest BCUT2D eigenvalue weighted by molar-refractivity contribution is 0.0992. The van der Waals surface area contributed by atoms with Crippen molar-refractivity contribution in [3.05, 3.63) is 54.0 Å². The van der Waals surface area contributed by atoms with Gasteiger partial charge >= 0.3 is 0 Å². The zero-order chi connectivity index (χ0) is 12.1. The molecule has 17 heavy (non-hydrogen) atoms. The molecule has 0 aliphatic rings. The van der Waals surface area contributed by atoms with Crippen LogP contribution in [0.5, 0.6) is 0 Å². The summed E-state index contributed by atoms with van der Waals surface area (Å²) in [4.78, 5) is 13.1. The lowest BCUT2D eigenvalue weighted by Crippen LogP contribution is -2.02. The Balaban J connectivity index is 2.04. The third-order valence-electron chi connectivity index (χ3n) is 2.43. The maximum Gasteiger partial charge on any atom is 0.167 e. The predicted octanol–water partition coefficient (Wildman–Crippen LogP) is 3.82. The molecule has 0 fully saturated rings. The smallest absolute Gasteiger partial charge is 0.167 e. The van der Waals surface area contributed by atoms with Crippen molar-refractivity contribution in [1.29, 1.82) is 0 Å². The zero-order valence-electron chi connectivity index (χ0n) is 9.68. The molecule has 0 N–H and O–H groups in total. The van der Waals surface area contributed by atoms with Crippen molar-refractivity contribution in [3.63, 3.8) is 0 Å². The SMILES string of the molecule is CCSc1ccc(C(=O)Cc2ccoc2)cc1. The van der Waals surface area contributed by atoms with E-state index in [2.05, 4.69) is 6.92 Å². The highest BCUT2D eigenvalue weighted by molar-refractivity contribution is 7.99. The molecule has 0 aliphatic heterocycles. The minimum atomic E-state index is 0.124. The fourth-order valence-electron chi connectivity index (χ4n) is 1.58. The van der Waals surface area contributed by atoms with Crippen LogP contribution in [0.15, 0.2) is 52.2 Å². The van der Waals surface area contributed by atoms with Gasteiger partial charge in [0.25, 0.3) is 0 Å². The molecule has 0 atom stereocenters. The summed E-state index contributed by atoms with van der Waals surface area (Å²) in [6.07, 6.45) is 3.60. The van der Waals surface area contributed by atoms with Gasteiger partial charge in [-0.25, -0.2) is 0 Å². The second-order valence-corrected chi connectivity index (χ2v) is 5.03. The molecule has 0 amide bonds. The largest absolute Gasteiger partial charge is 0.472 e. The van der Waals surface area contributed by atoms with Gasteiger partial charge in [0.15, 0.2) is 5.78 Å². The van der Waals surface area contributed by atoms with Gasteiger partial charge in [-0.2, -0.15) is 0 Å². The highest BCUT2D eigenvalue weighted by Crippen LogP contribution is 2.18. The van der Waals surface area contributed by atoms with Gasteiger partial charge in [-0.1, -0.05) is 19.1 Å². The van der Waals surface area contributed by atoms with Crippen LogP contribution in [0.4, 0.5) is 0 Å². The molecular formula is C14H14O2S. The molecule has 0 saturated carbocycles. The number of carbonyl (C=O) groups excluding carboxylic acids is 1. The van der Waals surface area contributed by atoms with E-state index < -0.39 is 0 Å². The van der Waals surface area contributed by atoms with Crippen LogP contribution in [0.1, 0.15) is 22.8 Å². The van der Waals surface area contributed by atoms with Crippen LogP contribution in [0.2, 0.25) is 0 Å². The van der Waals surface area contributed by atoms with Crippen molar-refractivity contribution in [1.82, 2.24) is 0 Å². The van der Waals surface area contributed by atoms with E-state index in [1.165, 1.54) is 4.90 Å². The van der Waals surface area contributed by atoms with Gasteiger partial charge < -0.3 is 4.42 Å². The third kappa shape index (κ3) is 3.24. The van der Waals surface area contributed by atoms with E-state index in [1.54, 1.807) is 24.3 Å². The fourth-order valence-corrected chi connectivity index (χ4v) is 2.25. The van der Waals surface area contributed by atoms with Gasteiger partial charge in [-0.3, -0.25) is 4.79 Å². The summed E-state index contributed by atoms with van der Waals surface area (Å²) in [5.41, 5.74) is 1.67. The van der Waals surface area contributed by atoms with Crippen LogP contribution in [-0.2, 0) is 6.42 Å². The van der Waals surface area contributed by atoms with Crippen molar-refractivity contribution >= 4 is 17.5 Å². The summed E-state index contributed by atoms with van der Waals surface area (Å²) in [6.45, 7) is 2.11. The number of furan rings is 1. The molecule has 0 saturated heterocycles. The topological polar surface area (TPSA) is 30.2 Å². The van der Waals surface area contributed by atoms with Crippen molar-refractivity contribution in [2.45, 2.75) is 18.2 Å². The van der Waals surface area contributed by atoms with Gasteiger partial charge in [0.05, 0.1) is 12.5 Å². The number of thioether (sulfide) groups is 1. The second kappa shape index (κ2) is 5.73. The number of hydrogen-bond donors (Lipinski definition) is 0. The Morgan fingerprint density at radius 3 is 2.59 bits per heavy atom. The normalized spacial score (nSPS) is 10.4. The molecule has 88 valence electrons. The number of Topliss-reactive ketones (excluding diaryl/α,β-unsaturated/α-hetero) is 1. The maximum atomic E-state index is 11.9. The Morgan fingerprint density at radius 1 is 1.24 bits per heavy atom. The Labute approximate surface area is 105 Å². The highest BCUT2D eigenvalue weighted by atomic mass is 32.2. The molecule has 1 heterocycles. The summed E-state index contributed by atoms with van der Waals surface area (Å²) in [7, 11) is 0. The summed E-state index contributed by atoms with van der Waals surface area (Å²) in [5.74, 6) is 1.17. The molecule has 2 aromatic rings. The Morgan fingerprint density at radius 2 is 2.00 bits per heavy atom. The molecular weight excluding hydrogens is 232 g/mol. The van der Waals surface area contributed by atoms with E-state index in [0.717, 1.165) is 16.9 Å². The molecule has 0 spiro atoms. The van der Waals surface area contributed by atoms with Crippen LogP contribution >= 0.6 is 11.8 Å². The monoisotopic (exact) mass is 246 g/mol. The lowest BCUT2D eigenvalue weighted by atomic mass is 10.1. The molecule has 0 aliphatic carbocycles. The van der Waals surface area contributed by atoms with Crippen molar-refractivity contribution < 1.29 is 9.21 Å². The highest BCUT2D eigenvalue weighted by Gasteiger charge is 2.07. The molecule has 3 heteroatoms. The first kappa shape index (κ1) is 12.0. The van der Waals surface area contributed by atoms with Gasteiger partial charge in [0.1, 0.15) is 0 Å². The quantitative estimate of drug-likeness (QED) is 0.593. The molecule has 2 rings (SSSR count). The predicted molar refractivity (Wildman–Crippen MR) is 69.6 cm³/mol. The maximum absolute atomic E-state index is 11.9. The number of rotatable bonds is 5. The molecule has 2 nitrogen and oxygen atoms in total. The molecule has 0 unspecified atom stereocenters. The minimum Gasteiger partial charge on any atom is -0.472 e. The van der Waals surface area contributed by atoms with Crippen molar-refractivity contribution in [2.24, 2.45) is 0 Å². The number of hydrogen-bond acceptors (Lipinski definition) is 3. The minimum absolute atomic E-state index is 0.124. The standard InChI is InChI=1S/C14H14O2S/c1-2-17-13-5-3-12(4-6-13)14(15)9-11-7-8-16-10-11/h3-8,10H,2,9H2,1H3. The third-order valence-corrected chi connectivity index (χ3v) is 3.33. The Bertz CT molecular complexity index is 471. The van der Waals surface area contributed by atoms with Gasteiger partial charge in [0, 0.05) is 16.9 Å². The first-order chi connectivity index (χ1) is 8.29. The lowest BCUT2D eigenvalue weighted by Gasteiger charge is -2.01. The van der Waals surface area contributed by atoms with E-state index >= 15 is 0 Å². The van der Waals surface area contributed by atoms with E-state index in [0.29, 0.717) is 6.42 Å². The summed E-state index contributed by atoms with van der Waals surface area (Å²) in [5, 5.41) is 0. The van der Waals surface area contributed by atoms with E-state index in [-0.39, 0.29) is 5.78 Å². The zero-order valence-corrected chi connectivity index (χ0v) is 10.5. The average molecular weight is 246 g/mol. The van der Waals surface area contributed by atoms with E-state index in [1.807, 2.05) is 30.3 Å². The van der Waals surface area contributed by atoms with E-state index in [4.69, 9.17) is 4.42 Å². The molecule has 0 bridgehead atoms. The van der Waals surface area contributed by atoms with Crippen molar-refractivity contribution in [3.8, 4) is 0 Å². The number of benzene rings is 1. The second-order valence-electron chi connectivity index (χ2n) is 3.69. The van der Waals surface area contributed by atoms with E-state index in [9.17, 15) is 4.79 Å². The summed E-state index contributed by atoms with van der Waals surface area (Å²) in [6, 6.07) is 9.59. The summed E-state index contributed by atoms with van der Waals surface area (Å²) >= 11 is 1.77. The van der Waals surface area contributed by atoms with Gasteiger partial charge in [-0.15, -0.1) is 11.8 Å². The summed E-state index contributed by atoms with van der Waals surface area (Å²) < 4.78 is 4.95. The first-order valence-electron chi connectivity index (χ1n) is 5.56. The number of carbonyl (C=O) groups is 1. The molecule has 1 aromatic heterocycles. The van der Waals surface area contributed by atoms with Crippen LogP contribution in [-0.4, -0.2) is 11.5 Å². The van der Waals surface area contributed by atoms with Crippen LogP contribution < -0.4 is 0 Å². The fraction of sp³-hybridized carbons (Fsp3) is 0.214. The number of ketones is 1. The molecule has 1 aromatic carbocycles. The van der Waals surface area contributed by atoms with Gasteiger partial charge in [-0.05, 0) is 29.5 Å². The average Bonchev–Trinajstić information content (AvgIpc) is 2.83. The van der Waals surface area contributed by atoms with Crippen LogP contribution in [0.3, 0.4) is 0 Å². The first-order valence-corrected chi connectivity index (χ1v) is 6.55.